The van der Waals surface area contributed by atoms with Crippen molar-refractivity contribution in [3.8, 4) is 11.1 Å². The van der Waals surface area contributed by atoms with Crippen molar-refractivity contribution in [2.75, 3.05) is 13.2 Å². The summed E-state index contributed by atoms with van der Waals surface area (Å²) in [6.45, 7) is 7.82. The molecule has 0 saturated carbocycles. The Balaban J connectivity index is 1.60. The predicted octanol–water partition coefficient (Wildman–Crippen LogP) is 4.80. The number of nitrogens with one attached hydrogen (secondary N) is 1. The summed E-state index contributed by atoms with van der Waals surface area (Å²) < 4.78 is 5.61. The van der Waals surface area contributed by atoms with E-state index in [0.717, 1.165) is 22.3 Å². The zero-order valence-electron chi connectivity index (χ0n) is 20.3. The Labute approximate surface area is 201 Å². The Bertz CT molecular complexity index is 998. The van der Waals surface area contributed by atoms with Crippen molar-refractivity contribution in [2.24, 2.45) is 0 Å². The van der Waals surface area contributed by atoms with Gasteiger partial charge in [0.15, 0.2) is 0 Å². The maximum Gasteiger partial charge on any atom is 0.407 e. The first-order chi connectivity index (χ1) is 16.1. The molecule has 2 aromatic rings. The molecular formula is C27H34N2O5. The second-order valence-electron chi connectivity index (χ2n) is 9.64. The summed E-state index contributed by atoms with van der Waals surface area (Å²) in [5, 5.41) is 11.8. The number of rotatable bonds is 9. The molecule has 0 fully saturated rings. The van der Waals surface area contributed by atoms with Crippen LogP contribution in [0.15, 0.2) is 48.5 Å². The van der Waals surface area contributed by atoms with Crippen LogP contribution >= 0.6 is 0 Å². The molecule has 2 N–H and O–H groups in total. The Morgan fingerprint density at radius 3 is 2.09 bits per heavy atom. The van der Waals surface area contributed by atoms with Gasteiger partial charge in [-0.2, -0.15) is 0 Å². The quantitative estimate of drug-likeness (QED) is 0.554. The number of amides is 2. The lowest BCUT2D eigenvalue weighted by atomic mass is 9.98. The summed E-state index contributed by atoms with van der Waals surface area (Å²) >= 11 is 0. The number of carboxylic acid groups (broad SMARTS) is 1. The van der Waals surface area contributed by atoms with Gasteiger partial charge in [-0.1, -0.05) is 55.5 Å². The fourth-order valence-corrected chi connectivity index (χ4v) is 4.47. The van der Waals surface area contributed by atoms with Crippen LogP contribution in [-0.4, -0.2) is 52.7 Å². The van der Waals surface area contributed by atoms with Gasteiger partial charge in [0, 0.05) is 30.5 Å². The van der Waals surface area contributed by atoms with E-state index in [-0.39, 0.29) is 37.8 Å². The second-order valence-corrected chi connectivity index (χ2v) is 9.64. The van der Waals surface area contributed by atoms with Gasteiger partial charge >= 0.3 is 12.1 Å². The van der Waals surface area contributed by atoms with Crippen LogP contribution < -0.4 is 5.32 Å². The van der Waals surface area contributed by atoms with Crippen molar-refractivity contribution in [3.63, 3.8) is 0 Å². The first kappa shape index (κ1) is 25.3. The number of carbonyl (C=O) groups excluding carboxylic acids is 2. The molecule has 2 aromatic carbocycles. The zero-order chi connectivity index (χ0) is 24.9. The molecule has 0 spiro atoms. The largest absolute Gasteiger partial charge is 0.481 e. The van der Waals surface area contributed by atoms with Crippen molar-refractivity contribution in [3.05, 3.63) is 59.7 Å². The number of hydrogen-bond acceptors (Lipinski definition) is 4. The Kier molecular flexibility index (Phi) is 7.97. The van der Waals surface area contributed by atoms with Crippen LogP contribution in [0, 0.1) is 0 Å². The van der Waals surface area contributed by atoms with Gasteiger partial charge in [0.2, 0.25) is 5.91 Å². The van der Waals surface area contributed by atoms with E-state index >= 15 is 0 Å². The van der Waals surface area contributed by atoms with E-state index in [9.17, 15) is 14.4 Å². The van der Waals surface area contributed by atoms with Crippen molar-refractivity contribution in [2.45, 2.75) is 64.5 Å². The fourth-order valence-electron chi connectivity index (χ4n) is 4.47. The Morgan fingerprint density at radius 2 is 1.59 bits per heavy atom. The molecule has 0 aliphatic heterocycles. The number of ether oxygens (including phenoxy) is 1. The molecule has 0 unspecified atom stereocenters. The molecule has 7 nitrogen and oxygen atoms in total. The molecule has 3 rings (SSSR count). The van der Waals surface area contributed by atoms with E-state index < -0.39 is 23.6 Å². The zero-order valence-corrected chi connectivity index (χ0v) is 20.3. The molecule has 1 atom stereocenters. The first-order valence-corrected chi connectivity index (χ1v) is 11.8. The molecule has 0 bridgehead atoms. The summed E-state index contributed by atoms with van der Waals surface area (Å²) in [6, 6.07) is 15.9. The highest BCUT2D eigenvalue weighted by Gasteiger charge is 2.31. The molecule has 1 aliphatic carbocycles. The number of carbonyl (C=O) groups is 3. The third kappa shape index (κ3) is 5.95. The minimum absolute atomic E-state index is 0.0349. The molecule has 7 heteroatoms. The summed E-state index contributed by atoms with van der Waals surface area (Å²) in [4.78, 5) is 38.1. The highest BCUT2D eigenvalue weighted by molar-refractivity contribution is 5.80. The van der Waals surface area contributed by atoms with Crippen molar-refractivity contribution >= 4 is 18.0 Å². The maximum absolute atomic E-state index is 12.9. The van der Waals surface area contributed by atoms with Crippen LogP contribution in [0.25, 0.3) is 11.1 Å². The highest BCUT2D eigenvalue weighted by Crippen LogP contribution is 2.44. The normalized spacial score (nSPS) is 13.5. The molecule has 0 aromatic heterocycles. The minimum atomic E-state index is -0.953. The highest BCUT2D eigenvalue weighted by atomic mass is 16.5. The molecule has 2 amide bonds. The topological polar surface area (TPSA) is 95.9 Å². The number of alkyl carbamates (subject to hydrolysis) is 1. The third-order valence-electron chi connectivity index (χ3n) is 6.24. The maximum atomic E-state index is 12.9. The lowest BCUT2D eigenvalue weighted by Gasteiger charge is -2.36. The number of aliphatic carboxylic acids is 1. The lowest BCUT2D eigenvalue weighted by Crippen LogP contribution is -2.49. The standard InChI is InChI=1S/C27H34N2O5/c1-5-18(16-24(30)29(27(2,3)4)15-14-25(31)32)28-26(33)34-17-23-21-12-8-6-10-19(21)20-11-7-9-13-22(20)23/h6-13,18,23H,5,14-17H2,1-4H3,(H,28,33)(H,31,32)/t18-/m1/s1. The molecular weight excluding hydrogens is 432 g/mol. The van der Waals surface area contributed by atoms with Crippen LogP contribution in [0.1, 0.15) is 64.0 Å². The minimum Gasteiger partial charge on any atom is -0.481 e. The molecule has 0 saturated heterocycles. The summed E-state index contributed by atoms with van der Waals surface area (Å²) in [5.41, 5.74) is 4.07. The first-order valence-electron chi connectivity index (χ1n) is 11.8. The monoisotopic (exact) mass is 466 g/mol. The van der Waals surface area contributed by atoms with E-state index in [2.05, 4.69) is 29.6 Å². The fraction of sp³-hybridized carbons (Fsp3) is 0.444. The molecule has 0 heterocycles. The summed E-state index contributed by atoms with van der Waals surface area (Å²) in [5.74, 6) is -1.18. The van der Waals surface area contributed by atoms with Crippen molar-refractivity contribution < 1.29 is 24.2 Å². The van der Waals surface area contributed by atoms with Crippen LogP contribution in [-0.2, 0) is 14.3 Å². The molecule has 0 radical (unpaired) electrons. The van der Waals surface area contributed by atoms with Gasteiger partial charge in [0.25, 0.3) is 0 Å². The average Bonchev–Trinajstić information content (AvgIpc) is 3.10. The molecule has 34 heavy (non-hydrogen) atoms. The average molecular weight is 467 g/mol. The number of fused-ring (bicyclic) bond motifs is 3. The van der Waals surface area contributed by atoms with Gasteiger partial charge in [0.1, 0.15) is 6.61 Å². The van der Waals surface area contributed by atoms with E-state index in [4.69, 9.17) is 9.84 Å². The number of nitrogens with zero attached hydrogens (tertiary/aromatic N) is 1. The number of benzene rings is 2. The number of carboxylic acids is 1. The second kappa shape index (κ2) is 10.7. The van der Waals surface area contributed by atoms with Crippen LogP contribution in [0.3, 0.4) is 0 Å². The Morgan fingerprint density at radius 1 is 1.03 bits per heavy atom. The van der Waals surface area contributed by atoms with Gasteiger partial charge in [-0.3, -0.25) is 9.59 Å². The van der Waals surface area contributed by atoms with Gasteiger partial charge in [-0.25, -0.2) is 4.79 Å². The Hall–Kier alpha value is -3.35. The SMILES string of the molecule is CC[C@H](CC(=O)N(CCC(=O)O)C(C)(C)C)NC(=O)OCC1c2ccccc2-c2ccccc21. The summed E-state index contributed by atoms with van der Waals surface area (Å²) in [6.07, 6.45) is -0.0568. The molecule has 182 valence electrons. The van der Waals surface area contributed by atoms with Crippen LogP contribution in [0.2, 0.25) is 0 Å². The van der Waals surface area contributed by atoms with Crippen molar-refractivity contribution in [1.29, 1.82) is 0 Å². The number of hydrogen-bond donors (Lipinski definition) is 2. The van der Waals surface area contributed by atoms with Gasteiger partial charge < -0.3 is 20.1 Å². The smallest absolute Gasteiger partial charge is 0.407 e. The van der Waals surface area contributed by atoms with Crippen LogP contribution in [0.4, 0.5) is 4.79 Å². The van der Waals surface area contributed by atoms with Gasteiger partial charge in [0.05, 0.1) is 6.42 Å². The predicted molar refractivity (Wildman–Crippen MR) is 131 cm³/mol. The lowest BCUT2D eigenvalue weighted by molar-refractivity contribution is -0.140. The van der Waals surface area contributed by atoms with Crippen molar-refractivity contribution in [1.82, 2.24) is 10.2 Å². The van der Waals surface area contributed by atoms with E-state index in [1.165, 1.54) is 0 Å². The third-order valence-corrected chi connectivity index (χ3v) is 6.24. The summed E-state index contributed by atoms with van der Waals surface area (Å²) in [7, 11) is 0. The van der Waals surface area contributed by atoms with Gasteiger partial charge in [-0.05, 0) is 49.4 Å². The van der Waals surface area contributed by atoms with E-state index in [1.807, 2.05) is 52.0 Å². The van der Waals surface area contributed by atoms with Crippen LogP contribution in [0.5, 0.6) is 0 Å². The van der Waals surface area contributed by atoms with E-state index in [1.54, 1.807) is 4.90 Å². The molecule has 1 aliphatic rings. The van der Waals surface area contributed by atoms with Gasteiger partial charge in [-0.15, -0.1) is 0 Å². The van der Waals surface area contributed by atoms with E-state index in [0.29, 0.717) is 6.42 Å².